The first-order chi connectivity index (χ1) is 15.9. The number of nitrogens with zero attached hydrogens (tertiary/aromatic N) is 2. The van der Waals surface area contributed by atoms with Gasteiger partial charge in [0.2, 0.25) is 0 Å². The summed E-state index contributed by atoms with van der Waals surface area (Å²) in [4.78, 5) is 38.7. The van der Waals surface area contributed by atoms with Gasteiger partial charge in [0.1, 0.15) is 22.6 Å². The fourth-order valence-corrected chi connectivity index (χ4v) is 3.44. The third-order valence-electron chi connectivity index (χ3n) is 4.81. The van der Waals surface area contributed by atoms with Crippen LogP contribution in [0.5, 0.6) is 0 Å². The molecule has 0 aromatic heterocycles. The van der Waals surface area contributed by atoms with Gasteiger partial charge in [0.05, 0.1) is 16.9 Å². The van der Waals surface area contributed by atoms with Crippen LogP contribution in [0.25, 0.3) is 0 Å². The predicted octanol–water partition coefficient (Wildman–Crippen LogP) is 4.39. The fourth-order valence-electron chi connectivity index (χ4n) is 3.23. The van der Waals surface area contributed by atoms with Crippen molar-refractivity contribution in [2.24, 2.45) is 0 Å². The van der Waals surface area contributed by atoms with Gasteiger partial charge in [-0.2, -0.15) is 5.26 Å². The molecule has 0 spiro atoms. The summed E-state index contributed by atoms with van der Waals surface area (Å²) in [7, 11) is 0. The zero-order valence-electron chi connectivity index (χ0n) is 16.8. The van der Waals surface area contributed by atoms with Crippen molar-refractivity contribution >= 4 is 46.4 Å². The van der Waals surface area contributed by atoms with Crippen molar-refractivity contribution in [1.82, 2.24) is 0 Å². The number of nitriles is 1. The lowest BCUT2D eigenvalue weighted by Gasteiger charge is -2.15. The molecule has 0 fully saturated rings. The molecule has 0 aliphatic carbocycles. The molecular weight excluding hydrogens is 447 g/mol. The monoisotopic (exact) mass is 460 g/mol. The summed E-state index contributed by atoms with van der Waals surface area (Å²) in [6.45, 7) is 0. The van der Waals surface area contributed by atoms with Crippen molar-refractivity contribution in [3.8, 4) is 6.07 Å². The van der Waals surface area contributed by atoms with Gasteiger partial charge in [0, 0.05) is 11.3 Å². The van der Waals surface area contributed by atoms with E-state index in [2.05, 4.69) is 10.6 Å². The number of halogens is 2. The fraction of sp³-hybridized carbons (Fsp3) is 0. The molecule has 1 aliphatic heterocycles. The molecule has 3 aromatic rings. The van der Waals surface area contributed by atoms with Crippen LogP contribution in [0, 0.1) is 17.1 Å². The standard InChI is InChI=1S/C24H14ClFN4O3/c25-20-21(24(33)30(23(20)32)19-11-4-2-9-17(19)26)28-16-8-5-7-14(12-16)22(31)29-18-10-3-1-6-15(18)13-27/h1-12,28H,(H,29,31). The zero-order chi connectivity index (χ0) is 23.5. The van der Waals surface area contributed by atoms with Gasteiger partial charge < -0.3 is 10.6 Å². The molecule has 0 atom stereocenters. The van der Waals surface area contributed by atoms with Gasteiger partial charge in [0.15, 0.2) is 0 Å². The number of anilines is 3. The van der Waals surface area contributed by atoms with E-state index in [4.69, 9.17) is 11.6 Å². The van der Waals surface area contributed by atoms with Crippen LogP contribution in [-0.4, -0.2) is 17.7 Å². The Balaban J connectivity index is 1.57. The molecule has 0 saturated carbocycles. The SMILES string of the molecule is N#Cc1ccccc1NC(=O)c1cccc(NC2=C(Cl)C(=O)N(c3ccccc3F)C2=O)c1. The predicted molar refractivity (Wildman–Crippen MR) is 121 cm³/mol. The lowest BCUT2D eigenvalue weighted by molar-refractivity contribution is -0.120. The highest BCUT2D eigenvalue weighted by Crippen LogP contribution is 2.31. The van der Waals surface area contributed by atoms with E-state index >= 15 is 0 Å². The highest BCUT2D eigenvalue weighted by atomic mass is 35.5. The molecule has 9 heteroatoms. The molecule has 0 unspecified atom stereocenters. The van der Waals surface area contributed by atoms with Crippen molar-refractivity contribution in [2.75, 3.05) is 15.5 Å². The number of imide groups is 1. The molecule has 1 aliphatic rings. The first kappa shape index (κ1) is 21.7. The number of rotatable bonds is 5. The van der Waals surface area contributed by atoms with Crippen LogP contribution in [0.3, 0.4) is 0 Å². The average Bonchev–Trinajstić information content (AvgIpc) is 3.03. The third kappa shape index (κ3) is 4.18. The normalized spacial score (nSPS) is 13.2. The molecule has 3 amide bonds. The number of hydrogen-bond acceptors (Lipinski definition) is 5. The second-order valence-electron chi connectivity index (χ2n) is 6.90. The van der Waals surface area contributed by atoms with Gasteiger partial charge in [-0.1, -0.05) is 41.9 Å². The summed E-state index contributed by atoms with van der Waals surface area (Å²) in [5, 5.41) is 14.2. The molecule has 33 heavy (non-hydrogen) atoms. The van der Waals surface area contributed by atoms with Crippen LogP contribution < -0.4 is 15.5 Å². The summed E-state index contributed by atoms with van der Waals surface area (Å²) in [5.74, 6) is -2.92. The number of benzene rings is 3. The van der Waals surface area contributed by atoms with E-state index in [-0.39, 0.29) is 16.9 Å². The topological polar surface area (TPSA) is 102 Å². The first-order valence-corrected chi connectivity index (χ1v) is 9.99. The highest BCUT2D eigenvalue weighted by Gasteiger charge is 2.40. The molecule has 1 heterocycles. The van der Waals surface area contributed by atoms with Crippen LogP contribution in [-0.2, 0) is 9.59 Å². The largest absolute Gasteiger partial charge is 0.350 e. The Kier molecular flexibility index (Phi) is 5.89. The molecule has 0 saturated heterocycles. The maximum absolute atomic E-state index is 14.2. The van der Waals surface area contributed by atoms with Crippen LogP contribution >= 0.6 is 11.6 Å². The Hall–Kier alpha value is -4.48. The van der Waals surface area contributed by atoms with E-state index in [1.807, 2.05) is 6.07 Å². The van der Waals surface area contributed by atoms with Crippen LogP contribution in [0.1, 0.15) is 15.9 Å². The van der Waals surface area contributed by atoms with Gasteiger partial charge in [-0.15, -0.1) is 0 Å². The summed E-state index contributed by atoms with van der Waals surface area (Å²) in [6.07, 6.45) is 0. The molecule has 4 rings (SSSR count). The summed E-state index contributed by atoms with van der Waals surface area (Å²) in [6, 6.07) is 20.0. The highest BCUT2D eigenvalue weighted by molar-refractivity contribution is 6.53. The number of hydrogen-bond donors (Lipinski definition) is 2. The van der Waals surface area contributed by atoms with Gasteiger partial charge in [-0.05, 0) is 42.5 Å². The van der Waals surface area contributed by atoms with Crippen molar-refractivity contribution in [2.45, 2.75) is 0 Å². The van der Waals surface area contributed by atoms with E-state index in [0.717, 1.165) is 6.07 Å². The van der Waals surface area contributed by atoms with E-state index < -0.39 is 28.6 Å². The minimum Gasteiger partial charge on any atom is -0.350 e. The van der Waals surface area contributed by atoms with Crippen molar-refractivity contribution in [3.05, 3.63) is 100 Å². The summed E-state index contributed by atoms with van der Waals surface area (Å²) >= 11 is 6.09. The number of para-hydroxylation sites is 2. The molecule has 162 valence electrons. The molecule has 7 nitrogen and oxygen atoms in total. The molecule has 3 aromatic carbocycles. The Bertz CT molecular complexity index is 1380. The smallest absolute Gasteiger partial charge is 0.283 e. The zero-order valence-corrected chi connectivity index (χ0v) is 17.6. The second kappa shape index (κ2) is 8.94. The van der Waals surface area contributed by atoms with Gasteiger partial charge >= 0.3 is 0 Å². The lowest BCUT2D eigenvalue weighted by atomic mass is 10.1. The molecule has 0 radical (unpaired) electrons. The number of amides is 3. The van der Waals surface area contributed by atoms with E-state index in [9.17, 15) is 24.0 Å². The summed E-state index contributed by atoms with van der Waals surface area (Å²) < 4.78 is 14.2. The van der Waals surface area contributed by atoms with Crippen molar-refractivity contribution < 1.29 is 18.8 Å². The number of carbonyl (C=O) groups excluding carboxylic acids is 3. The van der Waals surface area contributed by atoms with E-state index in [0.29, 0.717) is 21.8 Å². The van der Waals surface area contributed by atoms with Gasteiger partial charge in [-0.25, -0.2) is 9.29 Å². The number of nitrogens with one attached hydrogen (secondary N) is 2. The average molecular weight is 461 g/mol. The van der Waals surface area contributed by atoms with Crippen LogP contribution in [0.4, 0.5) is 21.5 Å². The quantitative estimate of drug-likeness (QED) is 0.550. The molecule has 2 N–H and O–H groups in total. The second-order valence-corrected chi connectivity index (χ2v) is 7.28. The van der Waals surface area contributed by atoms with Crippen LogP contribution in [0.15, 0.2) is 83.5 Å². The van der Waals surface area contributed by atoms with E-state index in [1.165, 1.54) is 24.3 Å². The molecule has 0 bridgehead atoms. The minimum atomic E-state index is -0.865. The molecular formula is C24H14ClFN4O3. The van der Waals surface area contributed by atoms with Gasteiger partial charge in [0.25, 0.3) is 17.7 Å². The minimum absolute atomic E-state index is 0.216. The Morgan fingerprint density at radius 3 is 2.45 bits per heavy atom. The maximum Gasteiger partial charge on any atom is 0.283 e. The van der Waals surface area contributed by atoms with Crippen molar-refractivity contribution in [1.29, 1.82) is 5.26 Å². The number of carbonyl (C=O) groups is 3. The lowest BCUT2D eigenvalue weighted by Crippen LogP contribution is -2.33. The van der Waals surface area contributed by atoms with Crippen molar-refractivity contribution in [3.63, 3.8) is 0 Å². The summed E-state index contributed by atoms with van der Waals surface area (Å²) in [5.41, 5.74) is 0.740. The van der Waals surface area contributed by atoms with Crippen LogP contribution in [0.2, 0.25) is 0 Å². The van der Waals surface area contributed by atoms with E-state index in [1.54, 1.807) is 42.5 Å². The first-order valence-electron chi connectivity index (χ1n) is 9.61. The van der Waals surface area contributed by atoms with Gasteiger partial charge in [-0.3, -0.25) is 14.4 Å². The Labute approximate surface area is 192 Å². The maximum atomic E-state index is 14.2. The third-order valence-corrected chi connectivity index (χ3v) is 5.16. The Morgan fingerprint density at radius 2 is 1.70 bits per heavy atom. The Morgan fingerprint density at radius 1 is 0.970 bits per heavy atom.